The summed E-state index contributed by atoms with van der Waals surface area (Å²) in [6.07, 6.45) is 0.852. The Kier molecular flexibility index (Phi) is 12.1. The molecular formula is C32H47N3O4S. The van der Waals surface area contributed by atoms with Crippen LogP contribution in [0.15, 0.2) is 42.5 Å². The van der Waals surface area contributed by atoms with Gasteiger partial charge < -0.3 is 20.3 Å². The molecule has 0 spiro atoms. The molecule has 0 bridgehead atoms. The molecule has 0 aliphatic heterocycles. The Labute approximate surface area is 245 Å². The lowest BCUT2D eigenvalue weighted by Crippen LogP contribution is -2.55. The van der Waals surface area contributed by atoms with Crippen LogP contribution in [0.4, 0.5) is 10.5 Å². The number of ether oxygens (including phenoxy) is 1. The van der Waals surface area contributed by atoms with Gasteiger partial charge in [-0.15, -0.1) is 0 Å². The standard InChI is InChI=1S/C32H47N3O4S/c1-20(2)17-18-24(6)35(30(37)26(19-40)33-31(38)39-32(7,8)9)28(25-16-11-10-13-21(25)3)29(36)34-27-22(4)14-12-15-23(27)5/h10-16,20,24,26,28,40H,17-19H2,1-9H3,(H,33,38)(H,34,36). The van der Waals surface area contributed by atoms with Gasteiger partial charge in [0.15, 0.2) is 0 Å². The fourth-order valence-corrected chi connectivity index (χ4v) is 4.89. The Hall–Kier alpha value is -3.00. The maximum absolute atomic E-state index is 14.3. The second kappa shape index (κ2) is 14.6. The van der Waals surface area contributed by atoms with Gasteiger partial charge in [-0.05, 0) is 89.5 Å². The Morgan fingerprint density at radius 2 is 1.48 bits per heavy atom. The van der Waals surface area contributed by atoms with E-state index in [1.807, 2.05) is 70.2 Å². The minimum Gasteiger partial charge on any atom is -0.444 e. The minimum absolute atomic E-state index is 0.0461. The Balaban J connectivity index is 2.62. The van der Waals surface area contributed by atoms with E-state index in [9.17, 15) is 14.4 Å². The SMILES string of the molecule is Cc1ccccc1C(C(=O)Nc1c(C)cccc1C)N(C(=O)C(CS)NC(=O)OC(C)(C)C)C(C)CCC(C)C. The first-order valence-corrected chi connectivity index (χ1v) is 14.6. The fraction of sp³-hybridized carbons (Fsp3) is 0.531. The van der Waals surface area contributed by atoms with E-state index < -0.39 is 23.8 Å². The fourth-order valence-electron chi connectivity index (χ4n) is 4.64. The number of nitrogens with one attached hydrogen (secondary N) is 2. The number of thiol groups is 1. The first-order valence-electron chi connectivity index (χ1n) is 14.0. The van der Waals surface area contributed by atoms with E-state index in [-0.39, 0.29) is 23.6 Å². The zero-order valence-corrected chi connectivity index (χ0v) is 26.4. The number of hydrogen-bond donors (Lipinski definition) is 3. The average molecular weight is 570 g/mol. The quantitative estimate of drug-likeness (QED) is 0.261. The van der Waals surface area contributed by atoms with Crippen molar-refractivity contribution in [3.05, 3.63) is 64.7 Å². The van der Waals surface area contributed by atoms with Crippen LogP contribution in [0.25, 0.3) is 0 Å². The Bertz CT molecular complexity index is 1150. The smallest absolute Gasteiger partial charge is 0.408 e. The summed E-state index contributed by atoms with van der Waals surface area (Å²) in [5, 5.41) is 5.81. The zero-order valence-electron chi connectivity index (χ0n) is 25.5. The molecular weight excluding hydrogens is 522 g/mol. The van der Waals surface area contributed by atoms with Gasteiger partial charge in [0.05, 0.1) is 0 Å². The Morgan fingerprint density at radius 1 is 0.900 bits per heavy atom. The van der Waals surface area contributed by atoms with Crippen molar-refractivity contribution >= 4 is 36.2 Å². The van der Waals surface area contributed by atoms with Crippen molar-refractivity contribution < 1.29 is 19.1 Å². The van der Waals surface area contributed by atoms with Gasteiger partial charge in [-0.25, -0.2) is 4.79 Å². The van der Waals surface area contributed by atoms with Gasteiger partial charge in [-0.1, -0.05) is 56.3 Å². The number of aryl methyl sites for hydroxylation is 3. The van der Waals surface area contributed by atoms with Crippen molar-refractivity contribution in [2.75, 3.05) is 11.1 Å². The molecule has 2 rings (SSSR count). The van der Waals surface area contributed by atoms with Gasteiger partial charge in [0.1, 0.15) is 17.7 Å². The molecule has 2 aromatic carbocycles. The molecule has 2 N–H and O–H groups in total. The lowest BCUT2D eigenvalue weighted by Gasteiger charge is -2.39. The molecule has 8 heteroatoms. The maximum atomic E-state index is 14.3. The first kappa shape index (κ1) is 33.2. The van der Waals surface area contributed by atoms with Crippen molar-refractivity contribution in [2.45, 2.75) is 98.9 Å². The summed E-state index contributed by atoms with van der Waals surface area (Å²) >= 11 is 4.41. The number of carbonyl (C=O) groups excluding carboxylic acids is 3. The maximum Gasteiger partial charge on any atom is 0.408 e. The van der Waals surface area contributed by atoms with Crippen LogP contribution in [-0.4, -0.2) is 46.2 Å². The largest absolute Gasteiger partial charge is 0.444 e. The highest BCUT2D eigenvalue weighted by Gasteiger charge is 2.39. The number of nitrogens with zero attached hydrogens (tertiary/aromatic N) is 1. The second-order valence-electron chi connectivity index (χ2n) is 12.0. The zero-order chi connectivity index (χ0) is 30.2. The highest BCUT2D eigenvalue weighted by Crippen LogP contribution is 2.31. The summed E-state index contributed by atoms with van der Waals surface area (Å²) in [5.41, 5.74) is 3.48. The highest BCUT2D eigenvalue weighted by molar-refractivity contribution is 7.80. The number of benzene rings is 2. The number of hydrogen-bond acceptors (Lipinski definition) is 5. The third-order valence-electron chi connectivity index (χ3n) is 6.80. The molecule has 0 saturated heterocycles. The van der Waals surface area contributed by atoms with E-state index >= 15 is 0 Å². The molecule has 0 radical (unpaired) electrons. The van der Waals surface area contributed by atoms with E-state index in [0.29, 0.717) is 12.3 Å². The number of amides is 3. The molecule has 220 valence electrons. The molecule has 0 fully saturated rings. The van der Waals surface area contributed by atoms with Crippen molar-refractivity contribution in [3.8, 4) is 0 Å². The summed E-state index contributed by atoms with van der Waals surface area (Å²) in [6.45, 7) is 17.3. The van der Waals surface area contributed by atoms with Gasteiger partial charge in [-0.3, -0.25) is 9.59 Å². The number of carbonyl (C=O) groups is 3. The number of anilines is 1. The van der Waals surface area contributed by atoms with E-state index in [4.69, 9.17) is 4.74 Å². The summed E-state index contributed by atoms with van der Waals surface area (Å²) in [7, 11) is 0. The van der Waals surface area contributed by atoms with Gasteiger partial charge in [0.25, 0.3) is 5.91 Å². The van der Waals surface area contributed by atoms with Crippen LogP contribution < -0.4 is 10.6 Å². The topological polar surface area (TPSA) is 87.7 Å². The Morgan fingerprint density at radius 3 is 2.00 bits per heavy atom. The molecule has 0 saturated carbocycles. The van der Waals surface area contributed by atoms with Crippen LogP contribution in [0.3, 0.4) is 0 Å². The van der Waals surface area contributed by atoms with Crippen molar-refractivity contribution in [3.63, 3.8) is 0 Å². The summed E-state index contributed by atoms with van der Waals surface area (Å²) < 4.78 is 5.42. The van der Waals surface area contributed by atoms with Crippen LogP contribution in [0.1, 0.15) is 82.7 Å². The van der Waals surface area contributed by atoms with E-state index in [0.717, 1.165) is 34.4 Å². The van der Waals surface area contributed by atoms with Crippen molar-refractivity contribution in [1.29, 1.82) is 0 Å². The van der Waals surface area contributed by atoms with Gasteiger partial charge in [-0.2, -0.15) is 12.6 Å². The monoisotopic (exact) mass is 569 g/mol. The first-order chi connectivity index (χ1) is 18.7. The third kappa shape index (κ3) is 9.29. The summed E-state index contributed by atoms with van der Waals surface area (Å²) in [4.78, 5) is 42.8. The molecule has 0 heterocycles. The van der Waals surface area contributed by atoms with Crippen LogP contribution in [-0.2, 0) is 14.3 Å². The summed E-state index contributed by atoms with van der Waals surface area (Å²) in [6, 6.07) is 11.2. The minimum atomic E-state index is -0.987. The lowest BCUT2D eigenvalue weighted by atomic mass is 9.94. The third-order valence-corrected chi connectivity index (χ3v) is 7.17. The van der Waals surface area contributed by atoms with Crippen LogP contribution in [0, 0.1) is 26.7 Å². The molecule has 3 unspecified atom stereocenters. The van der Waals surface area contributed by atoms with Gasteiger partial charge >= 0.3 is 6.09 Å². The molecule has 40 heavy (non-hydrogen) atoms. The van der Waals surface area contributed by atoms with Crippen molar-refractivity contribution in [2.24, 2.45) is 5.92 Å². The molecule has 0 aromatic heterocycles. The predicted octanol–water partition coefficient (Wildman–Crippen LogP) is 6.77. The van der Waals surface area contributed by atoms with Crippen LogP contribution in [0.2, 0.25) is 0 Å². The van der Waals surface area contributed by atoms with Crippen LogP contribution in [0.5, 0.6) is 0 Å². The normalized spacial score (nSPS) is 13.8. The number of para-hydroxylation sites is 1. The molecule has 3 atom stereocenters. The van der Waals surface area contributed by atoms with Gasteiger partial charge in [0, 0.05) is 17.5 Å². The highest BCUT2D eigenvalue weighted by atomic mass is 32.1. The van der Waals surface area contributed by atoms with Gasteiger partial charge in [0.2, 0.25) is 5.91 Å². The number of rotatable bonds is 11. The summed E-state index contributed by atoms with van der Waals surface area (Å²) in [5.74, 6) is -0.237. The number of alkyl carbamates (subject to hydrolysis) is 1. The van der Waals surface area contributed by atoms with Crippen LogP contribution >= 0.6 is 12.6 Å². The second-order valence-corrected chi connectivity index (χ2v) is 12.3. The van der Waals surface area contributed by atoms with E-state index in [1.54, 1.807) is 25.7 Å². The molecule has 0 aliphatic carbocycles. The molecule has 7 nitrogen and oxygen atoms in total. The lowest BCUT2D eigenvalue weighted by molar-refractivity contribution is -0.143. The molecule has 2 aromatic rings. The molecule has 0 aliphatic rings. The average Bonchev–Trinajstić information content (AvgIpc) is 2.85. The van der Waals surface area contributed by atoms with E-state index in [2.05, 4.69) is 37.1 Å². The molecule has 3 amide bonds. The van der Waals surface area contributed by atoms with Crippen molar-refractivity contribution in [1.82, 2.24) is 10.2 Å². The van der Waals surface area contributed by atoms with E-state index in [1.165, 1.54) is 0 Å². The predicted molar refractivity (Wildman–Crippen MR) is 166 cm³/mol.